The van der Waals surface area contributed by atoms with Gasteiger partial charge in [0.1, 0.15) is 16.9 Å². The van der Waals surface area contributed by atoms with Crippen LogP contribution in [0.5, 0.6) is 0 Å². The van der Waals surface area contributed by atoms with Crippen LogP contribution in [0.2, 0.25) is 0 Å². The van der Waals surface area contributed by atoms with Crippen molar-refractivity contribution >= 4 is 27.9 Å². The number of benzene rings is 2. The van der Waals surface area contributed by atoms with Crippen LogP contribution in [0.3, 0.4) is 0 Å². The molecule has 1 N–H and O–H groups in total. The van der Waals surface area contributed by atoms with Crippen molar-refractivity contribution < 1.29 is 18.7 Å². The largest absolute Gasteiger partial charge is 0.481 e. The lowest BCUT2D eigenvalue weighted by atomic mass is 9.97. The van der Waals surface area contributed by atoms with Crippen LogP contribution in [0.4, 0.5) is 0 Å². The van der Waals surface area contributed by atoms with Gasteiger partial charge in [0.25, 0.3) is 0 Å². The summed E-state index contributed by atoms with van der Waals surface area (Å²) in [5.74, 6) is -0.398. The zero-order valence-corrected chi connectivity index (χ0v) is 14.3. The van der Waals surface area contributed by atoms with Crippen molar-refractivity contribution in [3.63, 3.8) is 0 Å². The fraction of sp³-hybridized carbons (Fsp3) is 0.143. The normalized spacial score (nSPS) is 11.3. The fourth-order valence-electron chi connectivity index (χ4n) is 3.49. The third kappa shape index (κ3) is 2.49. The highest BCUT2D eigenvalue weighted by Crippen LogP contribution is 2.40. The molecule has 0 bridgehead atoms. The molecule has 130 valence electrons. The number of hydrogen-bond donors (Lipinski definition) is 1. The van der Waals surface area contributed by atoms with E-state index in [1.54, 1.807) is 6.07 Å². The maximum atomic E-state index is 11.7. The average Bonchev–Trinajstić information content (AvgIpc) is 2.94. The maximum Gasteiger partial charge on any atom is 0.336 e. The van der Waals surface area contributed by atoms with Crippen molar-refractivity contribution in [1.29, 1.82) is 0 Å². The number of aryl methyl sites for hydroxylation is 2. The van der Waals surface area contributed by atoms with E-state index >= 15 is 0 Å². The van der Waals surface area contributed by atoms with E-state index < -0.39 is 11.6 Å². The lowest BCUT2D eigenvalue weighted by molar-refractivity contribution is -0.136. The number of carboxylic acids is 1. The Bertz CT molecular complexity index is 1210. The van der Waals surface area contributed by atoms with Gasteiger partial charge in [0, 0.05) is 22.6 Å². The lowest BCUT2D eigenvalue weighted by Crippen LogP contribution is -2.01. The minimum absolute atomic E-state index is 0.153. The van der Waals surface area contributed by atoms with Gasteiger partial charge in [0.2, 0.25) is 0 Å². The molecule has 0 atom stereocenters. The first-order valence-electron chi connectivity index (χ1n) is 8.22. The molecule has 2 aromatic carbocycles. The first kappa shape index (κ1) is 16.1. The quantitative estimate of drug-likeness (QED) is 0.553. The Morgan fingerprint density at radius 3 is 2.38 bits per heavy atom. The van der Waals surface area contributed by atoms with Crippen LogP contribution >= 0.6 is 0 Å². The standard InChI is InChI=1S/C21H16O5/c1-11-8-15-19(12(2)9-17(24)25-15)21-18(11)14(10-16(22)23)20(26-21)13-6-4-3-5-7-13/h3-9H,10H2,1-2H3,(H,22,23). The highest BCUT2D eigenvalue weighted by Gasteiger charge is 2.23. The van der Waals surface area contributed by atoms with Crippen molar-refractivity contribution in [3.8, 4) is 11.3 Å². The summed E-state index contributed by atoms with van der Waals surface area (Å²) in [5.41, 5.74) is 3.55. The number of hydrogen-bond acceptors (Lipinski definition) is 4. The Morgan fingerprint density at radius 1 is 1.00 bits per heavy atom. The molecule has 0 amide bonds. The molecule has 2 heterocycles. The molecule has 0 spiro atoms. The average molecular weight is 348 g/mol. The summed E-state index contributed by atoms with van der Waals surface area (Å²) in [6, 6.07) is 12.6. The van der Waals surface area contributed by atoms with Crippen LogP contribution in [-0.4, -0.2) is 11.1 Å². The van der Waals surface area contributed by atoms with Crippen LogP contribution in [0, 0.1) is 13.8 Å². The summed E-state index contributed by atoms with van der Waals surface area (Å²) in [4.78, 5) is 23.2. The molecule has 0 saturated carbocycles. The smallest absolute Gasteiger partial charge is 0.336 e. The molecule has 5 nitrogen and oxygen atoms in total. The molecule has 26 heavy (non-hydrogen) atoms. The van der Waals surface area contributed by atoms with Crippen molar-refractivity contribution in [2.24, 2.45) is 0 Å². The zero-order valence-electron chi connectivity index (χ0n) is 14.3. The van der Waals surface area contributed by atoms with Crippen LogP contribution < -0.4 is 5.63 Å². The topological polar surface area (TPSA) is 80.7 Å². The molecule has 0 radical (unpaired) electrons. The molecular weight excluding hydrogens is 332 g/mol. The second-order valence-electron chi connectivity index (χ2n) is 6.37. The van der Waals surface area contributed by atoms with E-state index in [0.717, 1.165) is 22.1 Å². The number of carbonyl (C=O) groups is 1. The Balaban J connectivity index is 2.19. The number of furan rings is 1. The third-order valence-corrected chi connectivity index (χ3v) is 4.53. The predicted molar refractivity (Wildman–Crippen MR) is 98.5 cm³/mol. The second-order valence-corrected chi connectivity index (χ2v) is 6.37. The Morgan fingerprint density at radius 2 is 1.69 bits per heavy atom. The highest BCUT2D eigenvalue weighted by atomic mass is 16.4. The van der Waals surface area contributed by atoms with E-state index in [0.29, 0.717) is 27.9 Å². The van der Waals surface area contributed by atoms with Crippen molar-refractivity contribution in [1.82, 2.24) is 0 Å². The highest BCUT2D eigenvalue weighted by molar-refractivity contribution is 6.09. The van der Waals surface area contributed by atoms with E-state index in [2.05, 4.69) is 0 Å². The van der Waals surface area contributed by atoms with Crippen LogP contribution in [-0.2, 0) is 11.2 Å². The molecular formula is C21H16O5. The van der Waals surface area contributed by atoms with Gasteiger partial charge in [-0.05, 0) is 31.0 Å². The number of carboxylic acid groups (broad SMARTS) is 1. The van der Waals surface area contributed by atoms with Gasteiger partial charge in [-0.2, -0.15) is 0 Å². The molecule has 0 aliphatic carbocycles. The van der Waals surface area contributed by atoms with Gasteiger partial charge in [0.05, 0.1) is 11.8 Å². The fourth-order valence-corrected chi connectivity index (χ4v) is 3.49. The van der Waals surface area contributed by atoms with E-state index in [9.17, 15) is 14.7 Å². The Kier molecular flexibility index (Phi) is 3.65. The SMILES string of the molecule is Cc1cc2oc(=O)cc(C)c2c2oc(-c3ccccc3)c(CC(=O)O)c12. The zero-order chi connectivity index (χ0) is 18.4. The maximum absolute atomic E-state index is 11.7. The van der Waals surface area contributed by atoms with Gasteiger partial charge >= 0.3 is 11.6 Å². The van der Waals surface area contributed by atoms with Crippen molar-refractivity contribution in [2.45, 2.75) is 20.3 Å². The van der Waals surface area contributed by atoms with Gasteiger partial charge in [-0.15, -0.1) is 0 Å². The van der Waals surface area contributed by atoms with Crippen molar-refractivity contribution in [3.05, 3.63) is 69.6 Å². The Labute approximate surface area is 148 Å². The Hall–Kier alpha value is -3.34. The molecule has 2 aromatic heterocycles. The van der Waals surface area contributed by atoms with Gasteiger partial charge in [0.15, 0.2) is 0 Å². The van der Waals surface area contributed by atoms with Crippen LogP contribution in [0.1, 0.15) is 16.7 Å². The first-order valence-corrected chi connectivity index (χ1v) is 8.22. The first-order chi connectivity index (χ1) is 12.5. The summed E-state index contributed by atoms with van der Waals surface area (Å²) in [6.07, 6.45) is -0.153. The lowest BCUT2D eigenvalue weighted by Gasteiger charge is -2.05. The summed E-state index contributed by atoms with van der Waals surface area (Å²) in [6.45, 7) is 3.68. The summed E-state index contributed by atoms with van der Waals surface area (Å²) in [7, 11) is 0. The van der Waals surface area contributed by atoms with Gasteiger partial charge in [-0.3, -0.25) is 4.79 Å². The van der Waals surface area contributed by atoms with E-state index in [1.807, 2.05) is 44.2 Å². The summed E-state index contributed by atoms with van der Waals surface area (Å²) >= 11 is 0. The van der Waals surface area contributed by atoms with Crippen LogP contribution in [0.25, 0.3) is 33.3 Å². The molecule has 0 unspecified atom stereocenters. The molecule has 5 heteroatoms. The summed E-state index contributed by atoms with van der Waals surface area (Å²) in [5, 5.41) is 10.9. The predicted octanol–water partition coefficient (Wildman–Crippen LogP) is 4.45. The van der Waals surface area contributed by atoms with Crippen molar-refractivity contribution in [2.75, 3.05) is 0 Å². The summed E-state index contributed by atoms with van der Waals surface area (Å²) < 4.78 is 11.5. The minimum Gasteiger partial charge on any atom is -0.481 e. The van der Waals surface area contributed by atoms with Crippen LogP contribution in [0.15, 0.2) is 56.1 Å². The second kappa shape index (κ2) is 5.88. The van der Waals surface area contributed by atoms with E-state index in [1.165, 1.54) is 6.07 Å². The molecule has 0 saturated heterocycles. The molecule has 4 aromatic rings. The molecule has 4 rings (SSSR count). The van der Waals surface area contributed by atoms with Gasteiger partial charge in [-0.1, -0.05) is 30.3 Å². The van der Waals surface area contributed by atoms with E-state index in [-0.39, 0.29) is 6.42 Å². The number of aliphatic carboxylic acids is 1. The molecule has 0 aliphatic rings. The molecule has 0 fully saturated rings. The van der Waals surface area contributed by atoms with E-state index in [4.69, 9.17) is 8.83 Å². The monoisotopic (exact) mass is 348 g/mol. The number of fused-ring (bicyclic) bond motifs is 3. The molecule has 0 aliphatic heterocycles. The van der Waals surface area contributed by atoms with Gasteiger partial charge < -0.3 is 13.9 Å². The third-order valence-electron chi connectivity index (χ3n) is 4.53. The van der Waals surface area contributed by atoms with Gasteiger partial charge in [-0.25, -0.2) is 4.79 Å². The number of rotatable bonds is 3. The minimum atomic E-state index is -0.930.